The number of benzene rings is 3. The minimum atomic E-state index is -4.11. The predicted molar refractivity (Wildman–Crippen MR) is 342 cm³/mol. The fraction of sp³-hybridized carbons (Fsp3) is 0.676. The van der Waals surface area contributed by atoms with E-state index in [9.17, 15) is 14.4 Å². The molecule has 0 saturated carbocycles. The fourth-order valence-electron chi connectivity index (χ4n) is 11.1. The molecule has 0 radical (unpaired) electrons. The smallest absolute Gasteiger partial charge is 0.306 e. The number of halogens is 1. The maximum absolute atomic E-state index is 17.4. The Balaban J connectivity index is 1.64. The summed E-state index contributed by atoms with van der Waals surface area (Å²) in [5, 5.41) is 3.56. The van der Waals surface area contributed by atoms with Crippen LogP contribution in [0.5, 0.6) is 0 Å². The highest BCUT2D eigenvalue weighted by Crippen LogP contribution is 2.49. The third-order valence-corrected chi connectivity index (χ3v) is 18.5. The lowest BCUT2D eigenvalue weighted by atomic mass is 9.95. The number of unbranched alkanes of at least 4 members (excludes halogenated alkanes) is 28. The van der Waals surface area contributed by atoms with Gasteiger partial charge in [-0.3, -0.25) is 18.9 Å². The van der Waals surface area contributed by atoms with Gasteiger partial charge in [-0.15, -0.1) is 6.58 Å². The minimum absolute atomic E-state index is 0.0467. The van der Waals surface area contributed by atoms with Crippen LogP contribution in [0, 0.1) is 0 Å². The van der Waals surface area contributed by atoms with Crippen LogP contribution in [0.15, 0.2) is 104 Å². The van der Waals surface area contributed by atoms with Crippen molar-refractivity contribution in [2.75, 3.05) is 20.0 Å². The average Bonchev–Trinajstić information content (AvgIpc) is 3.14. The Kier molecular flexibility index (Phi) is 40.4. The first-order valence-corrected chi connectivity index (χ1v) is 35.1. The molecule has 0 aromatic heterocycles. The Labute approximate surface area is 513 Å². The quantitative estimate of drug-likeness (QED) is 0.0190. The van der Waals surface area contributed by atoms with Crippen molar-refractivity contribution in [2.45, 2.75) is 289 Å². The van der Waals surface area contributed by atoms with Crippen LogP contribution < -0.4 is 15.9 Å². The molecule has 1 aliphatic heterocycles. The lowest BCUT2D eigenvalue weighted by molar-refractivity contribution is -0.272. The summed E-state index contributed by atoms with van der Waals surface area (Å²) in [5.41, 5.74) is 0.940. The number of rotatable bonds is 52. The van der Waals surface area contributed by atoms with Crippen LogP contribution in [-0.2, 0) is 58.5 Å². The molecule has 0 unspecified atom stereocenters. The van der Waals surface area contributed by atoms with Crippen LogP contribution >= 0.6 is 7.37 Å². The van der Waals surface area contributed by atoms with E-state index in [-0.39, 0.29) is 45.9 Å². The molecule has 1 heterocycles. The number of alkyl halides is 1. The Morgan fingerprint density at radius 3 is 1.48 bits per heavy atom. The van der Waals surface area contributed by atoms with Gasteiger partial charge < -0.3 is 38.3 Å². The molecule has 12 nitrogen and oxygen atoms in total. The van der Waals surface area contributed by atoms with Crippen LogP contribution in [0.1, 0.15) is 245 Å². The second kappa shape index (κ2) is 46.9. The van der Waals surface area contributed by atoms with Gasteiger partial charge in [0.2, 0.25) is 6.17 Å². The summed E-state index contributed by atoms with van der Waals surface area (Å²) in [6.07, 6.45) is 26.3. The van der Waals surface area contributed by atoms with E-state index >= 15 is 8.96 Å². The zero-order valence-corrected chi connectivity index (χ0v) is 53.6. The fourth-order valence-corrected chi connectivity index (χ4v) is 13.3. The molecule has 0 bridgehead atoms. The van der Waals surface area contributed by atoms with Gasteiger partial charge in [0.25, 0.3) is 13.3 Å². The van der Waals surface area contributed by atoms with Gasteiger partial charge in [-0.1, -0.05) is 273 Å². The van der Waals surface area contributed by atoms with Crippen LogP contribution in [0.25, 0.3) is 0 Å². The van der Waals surface area contributed by atoms with Crippen LogP contribution in [-0.4, -0.2) is 80.8 Å². The number of ether oxygens (including phenoxy) is 6. The van der Waals surface area contributed by atoms with Crippen molar-refractivity contribution in [3.05, 3.63) is 109 Å². The number of hydrogen-bond acceptors (Lipinski definition) is 11. The third-order valence-electron chi connectivity index (χ3n) is 16.0. The van der Waals surface area contributed by atoms with Crippen molar-refractivity contribution in [3.63, 3.8) is 0 Å². The highest BCUT2D eigenvalue weighted by Gasteiger charge is 2.53. The molecule has 4 rings (SSSR count). The van der Waals surface area contributed by atoms with Gasteiger partial charge in [-0.25, -0.2) is 4.39 Å². The number of nitrogens with one attached hydrogen (secondary N) is 1. The van der Waals surface area contributed by atoms with Gasteiger partial charge in [-0.2, -0.15) is 0 Å². The Morgan fingerprint density at radius 2 is 1.01 bits per heavy atom. The molecule has 478 valence electrons. The molecule has 0 aliphatic carbocycles. The molecule has 0 spiro atoms. The van der Waals surface area contributed by atoms with E-state index in [0.29, 0.717) is 29.9 Å². The number of carbonyl (C=O) groups excluding carboxylic acids is 3. The molecule has 85 heavy (non-hydrogen) atoms. The number of amides is 1. The Morgan fingerprint density at radius 1 is 0.576 bits per heavy atom. The van der Waals surface area contributed by atoms with E-state index in [4.69, 9.17) is 32.9 Å². The summed E-state index contributed by atoms with van der Waals surface area (Å²) in [6, 6.07) is 25.7. The monoisotopic (exact) mass is 1200 g/mol. The molecule has 7 atom stereocenters. The average molecular weight is 1200 g/mol. The Hall–Kier alpha value is -4.23. The summed E-state index contributed by atoms with van der Waals surface area (Å²) < 4.78 is 77.8. The van der Waals surface area contributed by atoms with Crippen molar-refractivity contribution in [3.8, 4) is 0 Å². The topological polar surface area (TPSA) is 145 Å². The summed E-state index contributed by atoms with van der Waals surface area (Å²) in [5.74, 6) is -2.24. The van der Waals surface area contributed by atoms with Crippen molar-refractivity contribution in [1.29, 1.82) is 0 Å². The zero-order chi connectivity index (χ0) is 60.8. The largest absolute Gasteiger partial charge is 0.459 e. The van der Waals surface area contributed by atoms with Gasteiger partial charge in [0.15, 0.2) is 12.4 Å². The normalized spacial score (nSPS) is 17.7. The summed E-state index contributed by atoms with van der Waals surface area (Å²) in [6.45, 7) is 10.3. The first kappa shape index (κ1) is 73.2. The first-order chi connectivity index (χ1) is 41.6. The van der Waals surface area contributed by atoms with Crippen molar-refractivity contribution in [1.82, 2.24) is 5.32 Å². The third kappa shape index (κ3) is 30.5. The number of carbonyl (C=O) groups is 3. The predicted octanol–water partition coefficient (Wildman–Crippen LogP) is 17.4. The maximum Gasteiger partial charge on any atom is 0.306 e. The first-order valence-electron chi connectivity index (χ1n) is 33.4. The molecule has 3 aromatic rings. The van der Waals surface area contributed by atoms with Crippen molar-refractivity contribution < 1.29 is 56.3 Å². The van der Waals surface area contributed by atoms with Crippen molar-refractivity contribution >= 4 is 35.8 Å². The standard InChI is InChI=1S/C71H111FNO11P/c1-5-9-12-15-18-21-23-26-29-32-44-53-64(74)81-62(52-43-31-28-25-20-17-14-11-7-3)66(72)70(76)73-67-69(83-65(75)54-45-33-30-27-24-22-19-16-13-10-6-2)68(84-85(77,60-48-39-35-40-49-60)61-50-41-36-42-51-61)63(82-71(67)80-55-8-4)57-79-58-78-56-59-46-37-34-38-47-59/h8,34-42,46-51,62-63,66-69,71H,4-7,9-33,43-45,52-58H2,1-3H3,(H,73,76)/t62-,63-,66+,67-,68-,69-,71-/m1/s1. The second-order valence-corrected chi connectivity index (χ2v) is 25.7. The minimum Gasteiger partial charge on any atom is -0.459 e. The van der Waals surface area contributed by atoms with E-state index in [1.165, 1.54) is 115 Å². The molecular weight excluding hydrogens is 1090 g/mol. The maximum atomic E-state index is 17.4. The number of hydrogen-bond donors (Lipinski definition) is 1. The summed E-state index contributed by atoms with van der Waals surface area (Å²) in [4.78, 5) is 42.8. The molecule has 1 saturated heterocycles. The molecule has 1 N–H and O–H groups in total. The van der Waals surface area contributed by atoms with Gasteiger partial charge in [0.05, 0.1) is 19.8 Å². The highest BCUT2D eigenvalue weighted by molar-refractivity contribution is 7.74. The van der Waals surface area contributed by atoms with E-state index in [1.807, 2.05) is 42.5 Å². The van der Waals surface area contributed by atoms with E-state index in [0.717, 1.165) is 76.2 Å². The van der Waals surface area contributed by atoms with E-state index in [2.05, 4.69) is 32.7 Å². The lowest BCUT2D eigenvalue weighted by Gasteiger charge is -2.46. The number of esters is 2. The van der Waals surface area contributed by atoms with Crippen LogP contribution in [0.3, 0.4) is 0 Å². The van der Waals surface area contributed by atoms with E-state index in [1.54, 1.807) is 48.5 Å². The van der Waals surface area contributed by atoms with Gasteiger partial charge in [0.1, 0.15) is 31.1 Å². The summed E-state index contributed by atoms with van der Waals surface area (Å²) >= 11 is 0. The molecule has 3 aromatic carbocycles. The highest BCUT2D eigenvalue weighted by atomic mass is 31.2. The molecule has 1 fully saturated rings. The van der Waals surface area contributed by atoms with Crippen LogP contribution in [0.2, 0.25) is 0 Å². The summed E-state index contributed by atoms with van der Waals surface area (Å²) in [7, 11) is -4.11. The van der Waals surface area contributed by atoms with Gasteiger partial charge >= 0.3 is 11.9 Å². The lowest BCUT2D eigenvalue weighted by Crippen LogP contribution is -2.67. The molecular formula is C71H111FNO11P. The second-order valence-electron chi connectivity index (χ2n) is 23.4. The molecule has 1 aliphatic rings. The van der Waals surface area contributed by atoms with Gasteiger partial charge in [0, 0.05) is 23.5 Å². The Bertz CT molecular complexity index is 2160. The molecule has 1 amide bonds. The van der Waals surface area contributed by atoms with Crippen molar-refractivity contribution in [2.24, 2.45) is 0 Å². The SMILES string of the molecule is C=CCO[C@@H]1O[C@H](COCOCc2ccccc2)[C@@H](OP(=O)(c2ccccc2)c2ccccc2)[C@H](OC(=O)CCCCCCCCCCCCC)[C@H]1NC(=O)[C@@H](F)[C@@H](CCCCCCCCCCC)OC(=O)CCCCCCCCCCCCC. The van der Waals surface area contributed by atoms with Gasteiger partial charge in [-0.05, 0) is 55.5 Å². The zero-order valence-electron chi connectivity index (χ0n) is 52.7. The van der Waals surface area contributed by atoms with Crippen LogP contribution in [0.4, 0.5) is 4.39 Å². The molecule has 14 heteroatoms. The van der Waals surface area contributed by atoms with E-state index < -0.39 is 68.1 Å².